The molecule has 33 heavy (non-hydrogen) atoms. The summed E-state index contributed by atoms with van der Waals surface area (Å²) in [4.78, 5) is 8.49. The predicted molar refractivity (Wildman–Crippen MR) is 140 cm³/mol. The molecule has 0 aromatic heterocycles. The highest BCUT2D eigenvalue weighted by atomic mass is 35.5. The second kappa shape index (κ2) is 10.8. The lowest BCUT2D eigenvalue weighted by atomic mass is 9.95. The van der Waals surface area contributed by atoms with Gasteiger partial charge in [0, 0.05) is 35.7 Å². The molecule has 0 saturated carbocycles. The summed E-state index contributed by atoms with van der Waals surface area (Å²) in [5.74, 6) is 0. The first-order valence-electron chi connectivity index (χ1n) is 11.2. The van der Waals surface area contributed by atoms with Crippen molar-refractivity contribution in [2.24, 2.45) is 0 Å². The summed E-state index contributed by atoms with van der Waals surface area (Å²) >= 11 is 19.0. The Morgan fingerprint density at radius 1 is 0.939 bits per heavy atom. The van der Waals surface area contributed by atoms with Gasteiger partial charge in [-0.1, -0.05) is 84.5 Å². The van der Waals surface area contributed by atoms with Crippen molar-refractivity contribution in [3.8, 4) is 0 Å². The van der Waals surface area contributed by atoms with Gasteiger partial charge in [0.2, 0.25) is 0 Å². The van der Waals surface area contributed by atoms with E-state index in [0.717, 1.165) is 43.2 Å². The second-order valence-electron chi connectivity index (χ2n) is 8.36. The molecule has 0 amide bonds. The zero-order chi connectivity index (χ0) is 23.4. The molecule has 1 heterocycles. The van der Waals surface area contributed by atoms with E-state index in [2.05, 4.69) is 45.8 Å². The van der Waals surface area contributed by atoms with E-state index in [1.807, 2.05) is 42.5 Å². The van der Waals surface area contributed by atoms with E-state index in [9.17, 15) is 0 Å². The van der Waals surface area contributed by atoms with Crippen LogP contribution in [0.4, 0.5) is 11.4 Å². The summed E-state index contributed by atoms with van der Waals surface area (Å²) in [6.07, 6.45) is 2.15. The van der Waals surface area contributed by atoms with E-state index in [1.54, 1.807) is 0 Å². The molecule has 0 radical (unpaired) electrons. The van der Waals surface area contributed by atoms with E-state index in [0.29, 0.717) is 21.8 Å². The van der Waals surface area contributed by atoms with Gasteiger partial charge in [0.25, 0.3) is 0 Å². The normalized spacial score (nSPS) is 17.5. The number of rotatable bonds is 6. The van der Waals surface area contributed by atoms with Gasteiger partial charge in [0.15, 0.2) is 5.69 Å². The highest BCUT2D eigenvalue weighted by Crippen LogP contribution is 2.39. The fraction of sp³-hybridized carbons (Fsp3) is 0.296. The zero-order valence-corrected chi connectivity index (χ0v) is 20.8. The largest absolute Gasteiger partial charge is 0.361 e. The van der Waals surface area contributed by atoms with Crippen molar-refractivity contribution in [1.29, 1.82) is 0 Å². The van der Waals surface area contributed by atoms with Crippen molar-refractivity contribution in [2.45, 2.75) is 31.8 Å². The van der Waals surface area contributed by atoms with Gasteiger partial charge in [-0.15, -0.1) is 0 Å². The van der Waals surface area contributed by atoms with E-state index in [-0.39, 0.29) is 6.04 Å². The number of hydrogen-bond donors (Lipinski definition) is 0. The molecule has 6 heteroatoms. The van der Waals surface area contributed by atoms with Crippen molar-refractivity contribution in [3.63, 3.8) is 0 Å². The fourth-order valence-electron chi connectivity index (χ4n) is 4.66. The van der Waals surface area contributed by atoms with E-state index in [1.165, 1.54) is 11.1 Å². The van der Waals surface area contributed by atoms with Crippen LogP contribution in [0.25, 0.3) is 4.85 Å². The lowest BCUT2D eigenvalue weighted by molar-refractivity contribution is 0.152. The van der Waals surface area contributed by atoms with Crippen molar-refractivity contribution in [1.82, 2.24) is 4.90 Å². The number of anilines is 1. The molecule has 1 aliphatic heterocycles. The molecule has 1 fully saturated rings. The maximum Gasteiger partial charge on any atom is 0.187 e. The Bertz CT molecular complexity index is 1120. The topological polar surface area (TPSA) is 10.8 Å². The molecule has 0 bridgehead atoms. The molecule has 3 aromatic carbocycles. The van der Waals surface area contributed by atoms with E-state index >= 15 is 0 Å². The molecule has 1 unspecified atom stereocenters. The van der Waals surface area contributed by atoms with Gasteiger partial charge in [0.05, 0.1) is 23.3 Å². The molecule has 4 rings (SSSR count). The third kappa shape index (κ3) is 5.48. The smallest absolute Gasteiger partial charge is 0.187 e. The van der Waals surface area contributed by atoms with Crippen LogP contribution >= 0.6 is 34.8 Å². The van der Waals surface area contributed by atoms with Crippen LogP contribution in [-0.2, 0) is 0 Å². The third-order valence-electron chi connectivity index (χ3n) is 6.30. The lowest BCUT2D eigenvalue weighted by Gasteiger charge is -2.46. The summed E-state index contributed by atoms with van der Waals surface area (Å²) in [5, 5.41) is 2.03. The Labute approximate surface area is 211 Å². The quantitative estimate of drug-likeness (QED) is 0.315. The molecule has 1 aliphatic rings. The Hall–Kier alpha value is -2.22. The Morgan fingerprint density at radius 3 is 2.27 bits per heavy atom. The molecule has 0 N–H and O–H groups in total. The van der Waals surface area contributed by atoms with Crippen LogP contribution < -0.4 is 4.90 Å². The van der Waals surface area contributed by atoms with Crippen molar-refractivity contribution >= 4 is 46.2 Å². The molecule has 0 spiro atoms. The van der Waals surface area contributed by atoms with Crippen molar-refractivity contribution in [2.75, 3.05) is 24.5 Å². The third-order valence-corrected chi connectivity index (χ3v) is 7.09. The minimum absolute atomic E-state index is 0.122. The molecule has 1 saturated heterocycles. The van der Waals surface area contributed by atoms with Crippen molar-refractivity contribution in [3.05, 3.63) is 104 Å². The van der Waals surface area contributed by atoms with Gasteiger partial charge < -0.3 is 4.90 Å². The number of piperazine rings is 1. The van der Waals surface area contributed by atoms with Crippen LogP contribution in [0.1, 0.15) is 43.0 Å². The van der Waals surface area contributed by atoms with Crippen LogP contribution in [0.3, 0.4) is 0 Å². The van der Waals surface area contributed by atoms with Gasteiger partial charge >= 0.3 is 0 Å². The molecular formula is C27H26Cl3N3. The van der Waals surface area contributed by atoms with Gasteiger partial charge in [-0.25, -0.2) is 4.85 Å². The van der Waals surface area contributed by atoms with Crippen LogP contribution in [0.5, 0.6) is 0 Å². The Kier molecular flexibility index (Phi) is 7.83. The van der Waals surface area contributed by atoms with Gasteiger partial charge in [-0.2, -0.15) is 0 Å². The minimum Gasteiger partial charge on any atom is -0.361 e. The van der Waals surface area contributed by atoms with Crippen LogP contribution in [0.15, 0.2) is 66.7 Å². The average Bonchev–Trinajstić information content (AvgIpc) is 2.83. The van der Waals surface area contributed by atoms with Crippen LogP contribution in [0.2, 0.25) is 15.1 Å². The summed E-state index contributed by atoms with van der Waals surface area (Å²) < 4.78 is 0. The first-order chi connectivity index (χ1) is 16.0. The van der Waals surface area contributed by atoms with E-state index < -0.39 is 0 Å². The second-order valence-corrected chi connectivity index (χ2v) is 9.64. The Morgan fingerprint density at radius 2 is 1.64 bits per heavy atom. The molecule has 0 aliphatic carbocycles. The molecular weight excluding hydrogens is 473 g/mol. The molecule has 3 nitrogen and oxygen atoms in total. The number of nitrogens with zero attached hydrogens (tertiary/aromatic N) is 3. The molecule has 170 valence electrons. The average molecular weight is 499 g/mol. The lowest BCUT2D eigenvalue weighted by Crippen LogP contribution is -2.49. The SMILES string of the molecule is [C-]#[N+]c1ccc(C(CCC)N2CCN(c3ccc(Cl)cc3Cl)[C@H](c3ccc(Cl)cc3)C2)cc1. The van der Waals surface area contributed by atoms with Gasteiger partial charge in [-0.05, 0) is 47.9 Å². The molecule has 3 aromatic rings. The first-order valence-corrected chi connectivity index (χ1v) is 12.3. The van der Waals surface area contributed by atoms with Crippen LogP contribution in [-0.4, -0.2) is 24.5 Å². The fourth-order valence-corrected chi connectivity index (χ4v) is 5.31. The molecule has 2 atom stereocenters. The van der Waals surface area contributed by atoms with Gasteiger partial charge in [-0.3, -0.25) is 4.90 Å². The first kappa shape index (κ1) is 23.9. The number of hydrogen-bond acceptors (Lipinski definition) is 2. The number of benzene rings is 3. The van der Waals surface area contributed by atoms with E-state index in [4.69, 9.17) is 41.4 Å². The maximum atomic E-state index is 7.25. The maximum absolute atomic E-state index is 7.25. The summed E-state index contributed by atoms with van der Waals surface area (Å²) in [7, 11) is 0. The summed E-state index contributed by atoms with van der Waals surface area (Å²) in [5.41, 5.74) is 4.13. The standard InChI is InChI=1S/C27H26Cl3N3/c1-3-4-25(19-7-12-23(31-2)13-8-19)32-15-16-33(26-14-11-22(29)17-24(26)30)27(18-32)20-5-9-21(28)10-6-20/h5-14,17,25,27H,3-4,15-16,18H2,1H3/t25?,27-/m0/s1. The monoisotopic (exact) mass is 497 g/mol. The number of halogens is 3. The highest BCUT2D eigenvalue weighted by Gasteiger charge is 2.33. The van der Waals surface area contributed by atoms with Crippen LogP contribution in [0, 0.1) is 6.57 Å². The zero-order valence-electron chi connectivity index (χ0n) is 18.5. The Balaban J connectivity index is 1.68. The minimum atomic E-state index is 0.122. The summed E-state index contributed by atoms with van der Waals surface area (Å²) in [6, 6.07) is 22.3. The van der Waals surface area contributed by atoms with Crippen molar-refractivity contribution < 1.29 is 0 Å². The van der Waals surface area contributed by atoms with Gasteiger partial charge in [0.1, 0.15) is 0 Å². The predicted octanol–water partition coefficient (Wildman–Crippen LogP) is 8.60. The summed E-state index contributed by atoms with van der Waals surface area (Å²) in [6.45, 7) is 12.1. The highest BCUT2D eigenvalue weighted by molar-refractivity contribution is 6.36.